The Hall–Kier alpha value is -3.16. The summed E-state index contributed by atoms with van der Waals surface area (Å²) in [6, 6.07) is 4.24. The lowest BCUT2D eigenvalue weighted by molar-refractivity contribution is 0.450. The van der Waals surface area contributed by atoms with Gasteiger partial charge in [-0.25, -0.2) is 15.0 Å². The van der Waals surface area contributed by atoms with Gasteiger partial charge in [-0.2, -0.15) is 5.10 Å². The molecule has 20 heavy (non-hydrogen) atoms. The summed E-state index contributed by atoms with van der Waals surface area (Å²) in [5.41, 5.74) is 4.37. The minimum absolute atomic E-state index is 0.0115. The lowest BCUT2D eigenvalue weighted by atomic mass is 10.2. The van der Waals surface area contributed by atoms with Crippen molar-refractivity contribution in [3.63, 3.8) is 0 Å². The molecule has 0 aliphatic heterocycles. The highest BCUT2D eigenvalue weighted by Gasteiger charge is 2.04. The van der Waals surface area contributed by atoms with Gasteiger partial charge in [-0.1, -0.05) is 0 Å². The van der Waals surface area contributed by atoms with E-state index in [2.05, 4.69) is 30.5 Å². The minimum atomic E-state index is -0.0649. The molecule has 0 saturated carbocycles. The Kier molecular flexibility index (Phi) is 2.88. The average Bonchev–Trinajstić information content (AvgIpc) is 2.90. The highest BCUT2D eigenvalue weighted by molar-refractivity contribution is 5.86. The maximum atomic E-state index is 9.61. The lowest BCUT2D eigenvalue weighted by Gasteiger charge is -2.01. The van der Waals surface area contributed by atoms with Crippen LogP contribution in [0.15, 0.2) is 36.0 Å². The van der Waals surface area contributed by atoms with Crippen LogP contribution in [0.5, 0.6) is 11.5 Å². The molecule has 3 aromatic rings. The number of aromatic nitrogens is 4. The van der Waals surface area contributed by atoms with Crippen LogP contribution in [0.25, 0.3) is 11.2 Å². The molecule has 0 fully saturated rings. The average molecular weight is 270 g/mol. The van der Waals surface area contributed by atoms with Gasteiger partial charge in [0.05, 0.1) is 12.5 Å². The first-order chi connectivity index (χ1) is 9.74. The fourth-order valence-electron chi connectivity index (χ4n) is 1.65. The number of hydrogen-bond donors (Lipinski definition) is 4. The third kappa shape index (κ3) is 2.21. The summed E-state index contributed by atoms with van der Waals surface area (Å²) in [6.45, 7) is 0. The number of hydrogen-bond acceptors (Lipinski definition) is 7. The number of hydrazone groups is 1. The van der Waals surface area contributed by atoms with Gasteiger partial charge in [0, 0.05) is 11.6 Å². The second kappa shape index (κ2) is 4.84. The smallest absolute Gasteiger partial charge is 0.182 e. The van der Waals surface area contributed by atoms with Crippen molar-refractivity contribution in [1.82, 2.24) is 19.9 Å². The Bertz CT molecular complexity index is 782. The number of aromatic hydroxyl groups is 2. The van der Waals surface area contributed by atoms with Crippen LogP contribution in [-0.4, -0.2) is 36.4 Å². The maximum absolute atomic E-state index is 9.61. The van der Waals surface area contributed by atoms with Crippen LogP contribution in [0, 0.1) is 0 Å². The normalized spacial score (nSPS) is 11.2. The Balaban J connectivity index is 1.82. The molecule has 8 nitrogen and oxygen atoms in total. The molecule has 1 aromatic carbocycles. The highest BCUT2D eigenvalue weighted by atomic mass is 16.3. The number of rotatable bonds is 3. The molecule has 8 heteroatoms. The molecule has 0 aliphatic rings. The Morgan fingerprint density at radius 1 is 1.20 bits per heavy atom. The molecular formula is C12H10N6O2. The van der Waals surface area contributed by atoms with Crippen LogP contribution < -0.4 is 5.43 Å². The molecule has 0 unspecified atom stereocenters. The van der Waals surface area contributed by atoms with Gasteiger partial charge >= 0.3 is 0 Å². The molecular weight excluding hydrogens is 260 g/mol. The number of imidazole rings is 1. The molecule has 0 spiro atoms. The molecule has 0 bridgehead atoms. The first-order valence-corrected chi connectivity index (χ1v) is 5.69. The van der Waals surface area contributed by atoms with E-state index in [1.54, 1.807) is 6.07 Å². The second-order valence-electron chi connectivity index (χ2n) is 3.94. The van der Waals surface area contributed by atoms with Crippen LogP contribution in [0.3, 0.4) is 0 Å². The highest BCUT2D eigenvalue weighted by Crippen LogP contribution is 2.21. The topological polar surface area (TPSA) is 119 Å². The number of H-pyrrole nitrogens is 1. The van der Waals surface area contributed by atoms with Gasteiger partial charge in [-0.15, -0.1) is 0 Å². The number of phenolic OH excluding ortho intramolecular Hbond substituents is 2. The van der Waals surface area contributed by atoms with Crippen LogP contribution in [-0.2, 0) is 0 Å². The zero-order chi connectivity index (χ0) is 13.9. The van der Waals surface area contributed by atoms with Crippen LogP contribution >= 0.6 is 0 Å². The van der Waals surface area contributed by atoms with E-state index in [1.165, 1.54) is 31.0 Å². The van der Waals surface area contributed by atoms with Crippen LogP contribution in [0.4, 0.5) is 5.82 Å². The van der Waals surface area contributed by atoms with E-state index in [0.29, 0.717) is 22.5 Å². The summed E-state index contributed by atoms with van der Waals surface area (Å²) in [7, 11) is 0. The molecule has 0 radical (unpaired) electrons. The van der Waals surface area contributed by atoms with Gasteiger partial charge in [-0.3, -0.25) is 5.43 Å². The summed E-state index contributed by atoms with van der Waals surface area (Å²) in [5.74, 6) is 0.398. The van der Waals surface area contributed by atoms with Crippen LogP contribution in [0.2, 0.25) is 0 Å². The van der Waals surface area contributed by atoms with Crippen molar-refractivity contribution in [2.24, 2.45) is 5.10 Å². The van der Waals surface area contributed by atoms with E-state index < -0.39 is 0 Å². The Labute approximate surface area is 112 Å². The van der Waals surface area contributed by atoms with Crippen molar-refractivity contribution in [1.29, 1.82) is 0 Å². The number of benzene rings is 1. The summed E-state index contributed by atoms with van der Waals surface area (Å²) in [6.07, 6.45) is 4.30. The van der Waals surface area contributed by atoms with Gasteiger partial charge in [0.25, 0.3) is 0 Å². The number of phenols is 2. The predicted molar refractivity (Wildman–Crippen MR) is 72.7 cm³/mol. The summed E-state index contributed by atoms with van der Waals surface area (Å²) >= 11 is 0. The van der Waals surface area contributed by atoms with Crippen molar-refractivity contribution in [2.75, 3.05) is 5.43 Å². The fourth-order valence-corrected chi connectivity index (χ4v) is 1.65. The lowest BCUT2D eigenvalue weighted by Crippen LogP contribution is -1.95. The Morgan fingerprint density at radius 2 is 2.10 bits per heavy atom. The summed E-state index contributed by atoms with van der Waals surface area (Å²) in [4.78, 5) is 14.9. The monoisotopic (exact) mass is 270 g/mol. The fraction of sp³-hybridized carbons (Fsp3) is 0. The molecule has 2 aromatic heterocycles. The number of nitrogens with one attached hydrogen (secondary N) is 2. The van der Waals surface area contributed by atoms with E-state index in [0.717, 1.165) is 0 Å². The summed E-state index contributed by atoms with van der Waals surface area (Å²) in [5, 5.41) is 22.8. The van der Waals surface area contributed by atoms with Crippen molar-refractivity contribution in [3.05, 3.63) is 36.4 Å². The van der Waals surface area contributed by atoms with Crippen molar-refractivity contribution >= 4 is 23.2 Å². The molecule has 0 saturated heterocycles. The van der Waals surface area contributed by atoms with Crippen molar-refractivity contribution in [3.8, 4) is 11.5 Å². The standard InChI is InChI=1S/C12H10N6O2/c19-8-2-1-7(9(20)3-8)4-17-18-12-10-11(14-5-13-10)15-6-16-12/h1-6,19-20H,(H2,13,14,15,16,18)/b17-4+. The first kappa shape index (κ1) is 11.9. The van der Waals surface area contributed by atoms with Crippen molar-refractivity contribution in [2.45, 2.75) is 0 Å². The number of aromatic amines is 1. The quantitative estimate of drug-likeness (QED) is 0.419. The van der Waals surface area contributed by atoms with Gasteiger partial charge in [-0.05, 0) is 12.1 Å². The number of nitrogens with zero attached hydrogens (tertiary/aromatic N) is 4. The zero-order valence-corrected chi connectivity index (χ0v) is 10.1. The first-order valence-electron chi connectivity index (χ1n) is 5.69. The predicted octanol–water partition coefficient (Wildman–Crippen LogP) is 1.21. The molecule has 0 amide bonds. The Morgan fingerprint density at radius 3 is 2.95 bits per heavy atom. The molecule has 4 N–H and O–H groups in total. The van der Waals surface area contributed by atoms with Gasteiger partial charge in [0.1, 0.15) is 23.3 Å². The molecule has 0 aliphatic carbocycles. The third-order valence-electron chi connectivity index (χ3n) is 2.61. The maximum Gasteiger partial charge on any atom is 0.182 e. The van der Waals surface area contributed by atoms with Crippen LogP contribution in [0.1, 0.15) is 5.56 Å². The van der Waals surface area contributed by atoms with Gasteiger partial charge in [0.2, 0.25) is 0 Å². The number of anilines is 1. The van der Waals surface area contributed by atoms with E-state index in [9.17, 15) is 10.2 Å². The van der Waals surface area contributed by atoms with E-state index in [1.807, 2.05) is 0 Å². The molecule has 100 valence electrons. The SMILES string of the molecule is Oc1ccc(/C=N/Nc2ncnc3nc[nH]c23)c(O)c1. The van der Waals surface area contributed by atoms with Gasteiger partial charge < -0.3 is 15.2 Å². The zero-order valence-electron chi connectivity index (χ0n) is 10.1. The van der Waals surface area contributed by atoms with E-state index >= 15 is 0 Å². The van der Waals surface area contributed by atoms with Crippen molar-refractivity contribution < 1.29 is 10.2 Å². The van der Waals surface area contributed by atoms with E-state index in [-0.39, 0.29) is 11.5 Å². The summed E-state index contributed by atoms with van der Waals surface area (Å²) < 4.78 is 0. The van der Waals surface area contributed by atoms with E-state index in [4.69, 9.17) is 0 Å². The third-order valence-corrected chi connectivity index (χ3v) is 2.61. The molecule has 2 heterocycles. The van der Waals surface area contributed by atoms with Gasteiger partial charge in [0.15, 0.2) is 11.5 Å². The second-order valence-corrected chi connectivity index (χ2v) is 3.94. The number of fused-ring (bicyclic) bond motifs is 1. The molecule has 3 rings (SSSR count). The molecule has 0 atom stereocenters. The minimum Gasteiger partial charge on any atom is -0.508 e. The largest absolute Gasteiger partial charge is 0.508 e.